The quantitative estimate of drug-likeness (QED) is 0.146. The minimum Gasteiger partial charge on any atom is -0.490 e. The van der Waals surface area contributed by atoms with Gasteiger partial charge in [0.15, 0.2) is 11.5 Å². The number of nitrogens with one attached hydrogen (secondary N) is 2. The number of carbonyl (C=O) groups is 1. The number of aromatic nitrogens is 2. The fourth-order valence-electron chi connectivity index (χ4n) is 3.34. The van der Waals surface area contributed by atoms with Gasteiger partial charge < -0.3 is 9.47 Å². The Morgan fingerprint density at radius 2 is 1.89 bits per heavy atom. The molecule has 4 aromatic rings. The molecular weight excluding hydrogens is 494 g/mol. The van der Waals surface area contributed by atoms with Crippen LogP contribution in [0, 0.1) is 11.3 Å². The van der Waals surface area contributed by atoms with Crippen LogP contribution < -0.4 is 20.5 Å². The van der Waals surface area contributed by atoms with Crippen LogP contribution in [0.3, 0.4) is 0 Å². The maximum absolute atomic E-state index is 12.6. The van der Waals surface area contributed by atoms with Gasteiger partial charge in [0.2, 0.25) is 5.95 Å². The van der Waals surface area contributed by atoms with Crippen molar-refractivity contribution < 1.29 is 14.3 Å². The molecule has 0 radical (unpaired) electrons. The molecule has 0 saturated carbocycles. The van der Waals surface area contributed by atoms with E-state index >= 15 is 0 Å². The van der Waals surface area contributed by atoms with Gasteiger partial charge in [-0.25, -0.2) is 15.2 Å². The van der Waals surface area contributed by atoms with Crippen molar-refractivity contribution in [1.29, 1.82) is 5.26 Å². The van der Waals surface area contributed by atoms with Crippen molar-refractivity contribution in [2.75, 3.05) is 12.0 Å². The number of aromatic amines is 1. The summed E-state index contributed by atoms with van der Waals surface area (Å²) < 4.78 is 11.1. The average molecular weight is 514 g/mol. The van der Waals surface area contributed by atoms with E-state index in [1.54, 1.807) is 73.7 Å². The highest BCUT2D eigenvalue weighted by atomic mass is 35.5. The molecule has 10 heteroatoms. The molecule has 0 atom stereocenters. The Balaban J connectivity index is 1.54. The molecule has 0 aliphatic heterocycles. The van der Waals surface area contributed by atoms with Crippen molar-refractivity contribution in [2.45, 2.75) is 6.92 Å². The number of carbonyl (C=O) groups excluding carboxylic acids is 1. The fourth-order valence-corrected chi connectivity index (χ4v) is 3.55. The predicted molar refractivity (Wildman–Crippen MR) is 140 cm³/mol. The number of hydrazone groups is 1. The second-order valence-electron chi connectivity index (χ2n) is 7.49. The first-order chi connectivity index (χ1) is 18.0. The number of rotatable bonds is 8. The molecular formula is C27H20ClN5O4. The number of benzene rings is 3. The summed E-state index contributed by atoms with van der Waals surface area (Å²) in [5, 5.41) is 13.8. The van der Waals surface area contributed by atoms with Crippen LogP contribution in [0.5, 0.6) is 11.5 Å². The van der Waals surface area contributed by atoms with Gasteiger partial charge in [0.25, 0.3) is 5.56 Å². The maximum atomic E-state index is 12.6. The molecule has 0 saturated heterocycles. The molecule has 0 spiro atoms. The van der Waals surface area contributed by atoms with E-state index in [1.807, 2.05) is 12.1 Å². The lowest BCUT2D eigenvalue weighted by atomic mass is 10.1. The van der Waals surface area contributed by atoms with Crippen LogP contribution in [-0.4, -0.2) is 28.8 Å². The summed E-state index contributed by atoms with van der Waals surface area (Å²) in [6.45, 7) is 2.15. The van der Waals surface area contributed by atoms with Crippen molar-refractivity contribution in [1.82, 2.24) is 9.97 Å². The van der Waals surface area contributed by atoms with Crippen LogP contribution in [0.25, 0.3) is 11.3 Å². The Bertz CT molecular complexity index is 1560. The van der Waals surface area contributed by atoms with Gasteiger partial charge in [-0.3, -0.25) is 9.78 Å². The highest BCUT2D eigenvalue weighted by Gasteiger charge is 2.16. The van der Waals surface area contributed by atoms with E-state index in [9.17, 15) is 14.9 Å². The molecule has 0 unspecified atom stereocenters. The van der Waals surface area contributed by atoms with Crippen molar-refractivity contribution in [3.05, 3.63) is 105 Å². The molecule has 0 aliphatic rings. The minimum absolute atomic E-state index is 0.0643. The summed E-state index contributed by atoms with van der Waals surface area (Å²) in [6, 6.07) is 22.3. The molecule has 2 N–H and O–H groups in total. The summed E-state index contributed by atoms with van der Waals surface area (Å²) in [6.07, 6.45) is 1.47. The number of ether oxygens (including phenoxy) is 2. The number of nitrogens with zero attached hydrogens (tertiary/aromatic N) is 3. The Hall–Kier alpha value is -4.94. The monoisotopic (exact) mass is 513 g/mol. The number of halogens is 1. The number of hydrogen-bond donors (Lipinski definition) is 2. The smallest absolute Gasteiger partial charge is 0.345 e. The van der Waals surface area contributed by atoms with Crippen LogP contribution in [0.2, 0.25) is 5.02 Å². The number of nitriles is 1. The highest BCUT2D eigenvalue weighted by Crippen LogP contribution is 2.30. The Morgan fingerprint density at radius 1 is 1.14 bits per heavy atom. The normalized spacial score (nSPS) is 10.6. The molecule has 0 bridgehead atoms. The summed E-state index contributed by atoms with van der Waals surface area (Å²) in [4.78, 5) is 31.8. The molecule has 4 rings (SSSR count). The van der Waals surface area contributed by atoms with Crippen LogP contribution in [-0.2, 0) is 0 Å². The van der Waals surface area contributed by atoms with Gasteiger partial charge in [-0.2, -0.15) is 10.4 Å². The van der Waals surface area contributed by atoms with Crippen LogP contribution >= 0.6 is 11.6 Å². The van der Waals surface area contributed by atoms with Gasteiger partial charge >= 0.3 is 5.97 Å². The fraction of sp³-hybridized carbons (Fsp3) is 0.0741. The zero-order valence-electron chi connectivity index (χ0n) is 19.6. The molecule has 0 amide bonds. The lowest BCUT2D eigenvalue weighted by molar-refractivity contribution is 0.0728. The lowest BCUT2D eigenvalue weighted by Crippen LogP contribution is -2.16. The van der Waals surface area contributed by atoms with Crippen LogP contribution in [0.1, 0.15) is 28.4 Å². The van der Waals surface area contributed by atoms with E-state index in [1.165, 1.54) is 6.21 Å². The average Bonchev–Trinajstić information content (AvgIpc) is 2.90. The van der Waals surface area contributed by atoms with E-state index in [2.05, 4.69) is 20.5 Å². The van der Waals surface area contributed by atoms with E-state index in [-0.39, 0.29) is 33.5 Å². The van der Waals surface area contributed by atoms with Crippen LogP contribution in [0.4, 0.5) is 5.95 Å². The first-order valence-corrected chi connectivity index (χ1v) is 11.5. The van der Waals surface area contributed by atoms with Crippen molar-refractivity contribution in [2.24, 2.45) is 5.10 Å². The van der Waals surface area contributed by atoms with E-state index in [0.29, 0.717) is 23.5 Å². The standard InChI is InChI=1S/C27H20ClN5O4/c1-2-36-23-14-17(12-13-22(23)37-26(35)19-10-6-7-11-21(19)28)16-30-33-27-31-24(18-8-4-3-5-9-18)20(15-29)25(34)32-27/h3-14,16H,2H2,1H3,(H2,31,32,33,34). The number of esters is 1. The molecule has 9 nitrogen and oxygen atoms in total. The summed E-state index contributed by atoms with van der Waals surface area (Å²) in [5.41, 5.74) is 3.72. The van der Waals surface area contributed by atoms with Crippen molar-refractivity contribution in [3.8, 4) is 28.8 Å². The Kier molecular flexibility index (Phi) is 7.93. The third-order valence-corrected chi connectivity index (χ3v) is 5.36. The van der Waals surface area contributed by atoms with Gasteiger partial charge in [0.05, 0.1) is 29.1 Å². The molecule has 3 aromatic carbocycles. The molecule has 0 fully saturated rings. The molecule has 1 heterocycles. The highest BCUT2D eigenvalue weighted by molar-refractivity contribution is 6.33. The SMILES string of the molecule is CCOc1cc(C=NNc2nc(-c3ccccc3)c(C#N)c(=O)[nH]2)ccc1OC(=O)c1ccccc1Cl. The third-order valence-electron chi connectivity index (χ3n) is 5.03. The Labute approximate surface area is 217 Å². The lowest BCUT2D eigenvalue weighted by Gasteiger charge is -2.12. The van der Waals surface area contributed by atoms with E-state index in [0.717, 1.165) is 0 Å². The minimum atomic E-state index is -0.611. The summed E-state index contributed by atoms with van der Waals surface area (Å²) in [7, 11) is 0. The number of hydrogen-bond acceptors (Lipinski definition) is 8. The molecule has 184 valence electrons. The molecule has 1 aromatic heterocycles. The largest absolute Gasteiger partial charge is 0.490 e. The van der Waals surface area contributed by atoms with Gasteiger partial charge in [0, 0.05) is 5.56 Å². The third kappa shape index (κ3) is 6.01. The maximum Gasteiger partial charge on any atom is 0.345 e. The molecule has 37 heavy (non-hydrogen) atoms. The summed E-state index contributed by atoms with van der Waals surface area (Å²) in [5.74, 6) is 0.0136. The Morgan fingerprint density at radius 3 is 2.62 bits per heavy atom. The first kappa shape index (κ1) is 25.2. The topological polar surface area (TPSA) is 129 Å². The van der Waals surface area contributed by atoms with E-state index < -0.39 is 11.5 Å². The van der Waals surface area contributed by atoms with Crippen molar-refractivity contribution >= 4 is 29.7 Å². The van der Waals surface area contributed by atoms with Crippen molar-refractivity contribution in [3.63, 3.8) is 0 Å². The van der Waals surface area contributed by atoms with Gasteiger partial charge in [0.1, 0.15) is 11.6 Å². The number of anilines is 1. The summed E-state index contributed by atoms with van der Waals surface area (Å²) >= 11 is 6.09. The second kappa shape index (κ2) is 11.7. The zero-order chi connectivity index (χ0) is 26.2. The first-order valence-electron chi connectivity index (χ1n) is 11.1. The van der Waals surface area contributed by atoms with Gasteiger partial charge in [-0.05, 0) is 42.8 Å². The van der Waals surface area contributed by atoms with E-state index in [4.69, 9.17) is 21.1 Å². The predicted octanol–water partition coefficient (Wildman–Crippen LogP) is 5.03. The second-order valence-corrected chi connectivity index (χ2v) is 7.90. The van der Waals surface area contributed by atoms with Crippen LogP contribution in [0.15, 0.2) is 82.7 Å². The zero-order valence-corrected chi connectivity index (χ0v) is 20.3. The van der Waals surface area contributed by atoms with Gasteiger partial charge in [-0.1, -0.05) is 54.1 Å². The number of H-pyrrole nitrogens is 1. The van der Waals surface area contributed by atoms with Gasteiger partial charge in [-0.15, -0.1) is 0 Å². The molecule has 0 aliphatic carbocycles.